The fraction of sp³-hybridized carbons (Fsp3) is 0.273. The van der Waals surface area contributed by atoms with Gasteiger partial charge in [0.2, 0.25) is 0 Å². The van der Waals surface area contributed by atoms with Gasteiger partial charge in [0.15, 0.2) is 0 Å². The molecule has 2 amide bonds. The van der Waals surface area contributed by atoms with Gasteiger partial charge in [-0.2, -0.15) is 0 Å². The monoisotopic (exact) mass is 378 g/mol. The number of benzene rings is 2. The third kappa shape index (κ3) is 3.71. The van der Waals surface area contributed by atoms with Crippen LogP contribution in [0.5, 0.6) is 0 Å². The molecule has 0 aliphatic carbocycles. The molecule has 0 radical (unpaired) electrons. The van der Waals surface area contributed by atoms with Gasteiger partial charge in [0.1, 0.15) is 5.69 Å². The summed E-state index contributed by atoms with van der Waals surface area (Å²) < 4.78 is 3.28. The van der Waals surface area contributed by atoms with Gasteiger partial charge in [-0.3, -0.25) is 9.48 Å². The van der Waals surface area contributed by atoms with Crippen molar-refractivity contribution in [3.8, 4) is 5.69 Å². The van der Waals surface area contributed by atoms with Crippen LogP contribution in [0.15, 0.2) is 53.3 Å². The molecule has 0 bridgehead atoms. The highest BCUT2D eigenvalue weighted by Crippen LogP contribution is 2.19. The van der Waals surface area contributed by atoms with Crippen molar-refractivity contribution in [1.29, 1.82) is 0 Å². The zero-order valence-corrected chi connectivity index (χ0v) is 16.9. The van der Waals surface area contributed by atoms with Gasteiger partial charge >= 0.3 is 6.03 Å². The van der Waals surface area contributed by atoms with Crippen molar-refractivity contribution in [2.24, 2.45) is 7.05 Å². The fourth-order valence-electron chi connectivity index (χ4n) is 3.36. The maximum absolute atomic E-state index is 12.9. The number of hydrogen-bond donors (Lipinski definition) is 2. The predicted molar refractivity (Wildman–Crippen MR) is 112 cm³/mol. The minimum atomic E-state index is -0.403. The largest absolute Gasteiger partial charge is 0.331 e. The van der Waals surface area contributed by atoms with E-state index in [1.165, 1.54) is 0 Å². The standard InChI is InChI=1S/C22H26N4O2/c1-14-11-12-15(2)19(13-14)16(3)23-22(28)24-20-17(4)25(5)26(21(20)27)18-9-7-6-8-10-18/h6-13,16H,1-5H3,(H2,23,24,28)/t16-/m0/s1. The van der Waals surface area contributed by atoms with E-state index in [-0.39, 0.29) is 17.3 Å². The Labute approximate surface area is 164 Å². The fourth-order valence-corrected chi connectivity index (χ4v) is 3.36. The number of hydrogen-bond acceptors (Lipinski definition) is 2. The number of aromatic nitrogens is 2. The molecule has 3 rings (SSSR count). The normalized spacial score (nSPS) is 11.9. The van der Waals surface area contributed by atoms with Crippen LogP contribution in [0.3, 0.4) is 0 Å². The quantitative estimate of drug-likeness (QED) is 0.721. The highest BCUT2D eigenvalue weighted by atomic mass is 16.2. The van der Waals surface area contributed by atoms with E-state index < -0.39 is 6.03 Å². The molecule has 0 aliphatic heterocycles. The van der Waals surface area contributed by atoms with E-state index in [0.29, 0.717) is 5.69 Å². The van der Waals surface area contributed by atoms with Gasteiger partial charge in [0.25, 0.3) is 5.56 Å². The van der Waals surface area contributed by atoms with Gasteiger partial charge in [-0.1, -0.05) is 42.0 Å². The number of carbonyl (C=O) groups is 1. The summed E-state index contributed by atoms with van der Waals surface area (Å²) in [6, 6.07) is 14.9. The zero-order valence-electron chi connectivity index (χ0n) is 16.9. The molecule has 6 nitrogen and oxygen atoms in total. The molecule has 0 saturated carbocycles. The number of amides is 2. The summed E-state index contributed by atoms with van der Waals surface area (Å²) in [5, 5.41) is 5.67. The molecule has 3 aromatic rings. The smallest absolute Gasteiger partial charge is 0.319 e. The lowest BCUT2D eigenvalue weighted by atomic mass is 10.0. The minimum absolute atomic E-state index is 0.180. The Morgan fingerprint density at radius 1 is 1.04 bits per heavy atom. The van der Waals surface area contributed by atoms with E-state index in [1.807, 2.05) is 70.2 Å². The number of para-hydroxylation sites is 1. The van der Waals surface area contributed by atoms with Gasteiger partial charge < -0.3 is 10.6 Å². The maximum Gasteiger partial charge on any atom is 0.319 e. The van der Waals surface area contributed by atoms with Crippen LogP contribution >= 0.6 is 0 Å². The third-order valence-corrected chi connectivity index (χ3v) is 5.04. The second-order valence-corrected chi connectivity index (χ2v) is 7.12. The van der Waals surface area contributed by atoms with Crippen molar-refractivity contribution in [2.75, 3.05) is 5.32 Å². The lowest BCUT2D eigenvalue weighted by Crippen LogP contribution is -2.33. The number of aryl methyl sites for hydroxylation is 2. The van der Waals surface area contributed by atoms with Gasteiger partial charge in [0, 0.05) is 7.05 Å². The Hall–Kier alpha value is -3.28. The minimum Gasteiger partial charge on any atom is -0.331 e. The van der Waals surface area contributed by atoms with Crippen molar-refractivity contribution in [2.45, 2.75) is 33.7 Å². The van der Waals surface area contributed by atoms with Crippen LogP contribution in [0.2, 0.25) is 0 Å². The van der Waals surface area contributed by atoms with Crippen molar-refractivity contribution >= 4 is 11.7 Å². The average Bonchev–Trinajstić information content (AvgIpc) is 2.87. The molecule has 2 aromatic carbocycles. The number of nitrogens with one attached hydrogen (secondary N) is 2. The molecule has 6 heteroatoms. The molecule has 1 heterocycles. The van der Waals surface area contributed by atoms with Crippen LogP contribution in [-0.4, -0.2) is 15.4 Å². The van der Waals surface area contributed by atoms with Crippen molar-refractivity contribution in [1.82, 2.24) is 14.7 Å². The maximum atomic E-state index is 12.9. The number of nitrogens with zero attached hydrogens (tertiary/aromatic N) is 2. The first kappa shape index (κ1) is 19.5. The molecule has 0 aliphatic rings. The summed E-state index contributed by atoms with van der Waals surface area (Å²) in [5.74, 6) is 0. The number of rotatable bonds is 4. The Morgan fingerprint density at radius 3 is 2.39 bits per heavy atom. The Morgan fingerprint density at radius 2 is 1.71 bits per heavy atom. The van der Waals surface area contributed by atoms with E-state index in [4.69, 9.17) is 0 Å². The molecule has 2 N–H and O–H groups in total. The SMILES string of the molecule is Cc1ccc(C)c([C@H](C)NC(=O)Nc2c(C)n(C)n(-c3ccccc3)c2=O)c1. The Balaban J connectivity index is 1.83. The van der Waals surface area contributed by atoms with Crippen LogP contribution in [-0.2, 0) is 7.05 Å². The van der Waals surface area contributed by atoms with Crippen molar-refractivity contribution < 1.29 is 4.79 Å². The summed E-state index contributed by atoms with van der Waals surface area (Å²) in [5.41, 5.74) is 4.75. The highest BCUT2D eigenvalue weighted by molar-refractivity contribution is 5.90. The van der Waals surface area contributed by atoms with E-state index in [2.05, 4.69) is 16.7 Å². The Kier molecular flexibility index (Phi) is 5.40. The van der Waals surface area contributed by atoms with Crippen LogP contribution in [0.4, 0.5) is 10.5 Å². The zero-order chi connectivity index (χ0) is 20.4. The summed E-state index contributed by atoms with van der Waals surface area (Å²) in [4.78, 5) is 25.5. The molecule has 0 unspecified atom stereocenters. The lowest BCUT2D eigenvalue weighted by Gasteiger charge is -2.17. The summed E-state index contributed by atoms with van der Waals surface area (Å²) in [6.07, 6.45) is 0. The molecular formula is C22H26N4O2. The third-order valence-electron chi connectivity index (χ3n) is 5.04. The lowest BCUT2D eigenvalue weighted by molar-refractivity contribution is 0.249. The molecule has 1 aromatic heterocycles. The first-order valence-corrected chi connectivity index (χ1v) is 9.28. The highest BCUT2D eigenvalue weighted by Gasteiger charge is 2.19. The summed E-state index contributed by atoms with van der Waals surface area (Å²) in [7, 11) is 1.80. The van der Waals surface area contributed by atoms with Gasteiger partial charge in [-0.05, 0) is 51.0 Å². The first-order valence-electron chi connectivity index (χ1n) is 9.28. The first-order chi connectivity index (χ1) is 13.3. The number of urea groups is 1. The second-order valence-electron chi connectivity index (χ2n) is 7.12. The molecule has 146 valence electrons. The van der Waals surface area contributed by atoms with E-state index >= 15 is 0 Å². The molecular weight excluding hydrogens is 352 g/mol. The van der Waals surface area contributed by atoms with E-state index in [0.717, 1.165) is 22.4 Å². The van der Waals surface area contributed by atoms with E-state index in [1.54, 1.807) is 16.4 Å². The van der Waals surface area contributed by atoms with Crippen LogP contribution < -0.4 is 16.2 Å². The molecule has 28 heavy (non-hydrogen) atoms. The van der Waals surface area contributed by atoms with Gasteiger partial charge in [-0.25, -0.2) is 9.48 Å². The number of anilines is 1. The van der Waals surface area contributed by atoms with Crippen molar-refractivity contribution in [3.63, 3.8) is 0 Å². The van der Waals surface area contributed by atoms with Crippen LogP contribution in [0, 0.1) is 20.8 Å². The predicted octanol–water partition coefficient (Wildman–Crippen LogP) is 3.98. The topological polar surface area (TPSA) is 68.1 Å². The molecule has 0 spiro atoms. The van der Waals surface area contributed by atoms with Gasteiger partial charge in [-0.15, -0.1) is 0 Å². The molecule has 0 saturated heterocycles. The Bertz CT molecular complexity index is 1060. The number of carbonyl (C=O) groups excluding carboxylic acids is 1. The van der Waals surface area contributed by atoms with Gasteiger partial charge in [0.05, 0.1) is 17.4 Å². The van der Waals surface area contributed by atoms with E-state index in [9.17, 15) is 9.59 Å². The molecule has 0 fully saturated rings. The van der Waals surface area contributed by atoms with Crippen LogP contribution in [0.1, 0.15) is 35.3 Å². The second kappa shape index (κ2) is 7.76. The summed E-state index contributed by atoms with van der Waals surface area (Å²) >= 11 is 0. The van der Waals surface area contributed by atoms with Crippen molar-refractivity contribution in [3.05, 3.63) is 81.3 Å². The average molecular weight is 378 g/mol. The molecule has 1 atom stereocenters. The van der Waals surface area contributed by atoms with Crippen LogP contribution in [0.25, 0.3) is 5.69 Å². The summed E-state index contributed by atoms with van der Waals surface area (Å²) in [6.45, 7) is 7.78.